The van der Waals surface area contributed by atoms with Crippen molar-refractivity contribution in [3.8, 4) is 5.75 Å². The summed E-state index contributed by atoms with van der Waals surface area (Å²) in [5.41, 5.74) is 0.203. The van der Waals surface area contributed by atoms with Crippen LogP contribution in [0.5, 0.6) is 5.75 Å². The van der Waals surface area contributed by atoms with Crippen molar-refractivity contribution >= 4 is 23.5 Å². The van der Waals surface area contributed by atoms with Gasteiger partial charge in [0.25, 0.3) is 0 Å². The molecule has 0 aliphatic carbocycles. The molecular formula is C15H13ClO6. The van der Waals surface area contributed by atoms with E-state index in [2.05, 4.69) is 4.74 Å². The molecular weight excluding hydrogens is 312 g/mol. The van der Waals surface area contributed by atoms with Crippen molar-refractivity contribution in [1.82, 2.24) is 0 Å². The number of halogens is 1. The Kier molecular flexibility index (Phi) is 5.06. The Morgan fingerprint density at radius 3 is 2.59 bits per heavy atom. The maximum absolute atomic E-state index is 12.1. The second-order valence-corrected chi connectivity index (χ2v) is 4.61. The van der Waals surface area contributed by atoms with Crippen LogP contribution in [0, 0.1) is 0 Å². The van der Waals surface area contributed by atoms with E-state index in [-0.39, 0.29) is 17.9 Å². The average Bonchev–Trinajstić information content (AvgIpc) is 3.00. The van der Waals surface area contributed by atoms with E-state index in [0.717, 1.165) is 0 Å². The SMILES string of the molecule is COC(=O)c1ccc(COC(=O)c2cc(Cl)ccc2OC)o1. The standard InChI is InChI=1S/C15H13ClO6/c1-19-12-5-3-9(16)7-11(12)14(17)21-8-10-4-6-13(22-10)15(18)20-2/h3-7H,8H2,1-2H3. The molecule has 1 aromatic heterocycles. The van der Waals surface area contributed by atoms with E-state index >= 15 is 0 Å². The van der Waals surface area contributed by atoms with Gasteiger partial charge in [-0.2, -0.15) is 0 Å². The lowest BCUT2D eigenvalue weighted by atomic mass is 10.2. The van der Waals surface area contributed by atoms with E-state index in [0.29, 0.717) is 16.5 Å². The van der Waals surface area contributed by atoms with Crippen molar-refractivity contribution in [2.45, 2.75) is 6.61 Å². The lowest BCUT2D eigenvalue weighted by Crippen LogP contribution is -2.07. The topological polar surface area (TPSA) is 75.0 Å². The highest BCUT2D eigenvalue weighted by Crippen LogP contribution is 2.23. The average molecular weight is 325 g/mol. The molecule has 2 rings (SSSR count). The molecule has 7 heteroatoms. The van der Waals surface area contributed by atoms with Gasteiger partial charge in [-0.25, -0.2) is 9.59 Å². The summed E-state index contributed by atoms with van der Waals surface area (Å²) in [7, 11) is 2.69. The predicted molar refractivity (Wildman–Crippen MR) is 77.2 cm³/mol. The molecule has 0 atom stereocenters. The van der Waals surface area contributed by atoms with E-state index in [1.165, 1.54) is 32.4 Å². The maximum Gasteiger partial charge on any atom is 0.373 e. The van der Waals surface area contributed by atoms with Crippen LogP contribution in [0.2, 0.25) is 5.02 Å². The van der Waals surface area contributed by atoms with E-state index in [4.69, 9.17) is 25.5 Å². The molecule has 0 fully saturated rings. The number of methoxy groups -OCH3 is 2. The third kappa shape index (κ3) is 3.59. The first kappa shape index (κ1) is 15.9. The fraction of sp³-hybridized carbons (Fsp3) is 0.200. The molecule has 0 amide bonds. The predicted octanol–water partition coefficient (Wildman–Crippen LogP) is 3.09. The minimum atomic E-state index is -0.615. The van der Waals surface area contributed by atoms with Crippen molar-refractivity contribution in [2.24, 2.45) is 0 Å². The number of benzene rings is 1. The van der Waals surface area contributed by atoms with Crippen LogP contribution < -0.4 is 4.74 Å². The van der Waals surface area contributed by atoms with Crippen molar-refractivity contribution in [1.29, 1.82) is 0 Å². The van der Waals surface area contributed by atoms with Gasteiger partial charge < -0.3 is 18.6 Å². The molecule has 1 heterocycles. The van der Waals surface area contributed by atoms with Gasteiger partial charge in [-0.05, 0) is 30.3 Å². The summed E-state index contributed by atoms with van der Waals surface area (Å²) in [5, 5.41) is 0.388. The van der Waals surface area contributed by atoms with Crippen molar-refractivity contribution in [3.63, 3.8) is 0 Å². The van der Waals surface area contributed by atoms with Gasteiger partial charge in [0.15, 0.2) is 0 Å². The van der Waals surface area contributed by atoms with E-state index in [1.807, 2.05) is 0 Å². The molecule has 116 valence electrons. The Labute approximate surface area is 131 Å². The summed E-state index contributed by atoms with van der Waals surface area (Å²) < 4.78 is 19.9. The van der Waals surface area contributed by atoms with E-state index in [9.17, 15) is 9.59 Å². The van der Waals surface area contributed by atoms with Gasteiger partial charge in [0.05, 0.1) is 14.2 Å². The van der Waals surface area contributed by atoms with Crippen molar-refractivity contribution in [2.75, 3.05) is 14.2 Å². The molecule has 0 saturated carbocycles. The Balaban J connectivity index is 2.05. The number of rotatable bonds is 5. The van der Waals surface area contributed by atoms with Gasteiger partial charge in [-0.15, -0.1) is 0 Å². The summed E-state index contributed by atoms with van der Waals surface area (Å²) in [4.78, 5) is 23.3. The molecule has 22 heavy (non-hydrogen) atoms. The van der Waals surface area contributed by atoms with Crippen LogP contribution in [0.4, 0.5) is 0 Å². The minimum absolute atomic E-state index is 0.0360. The molecule has 2 aromatic rings. The van der Waals surface area contributed by atoms with E-state index < -0.39 is 11.9 Å². The lowest BCUT2D eigenvalue weighted by molar-refractivity contribution is 0.0435. The Bertz CT molecular complexity index is 691. The molecule has 0 radical (unpaired) electrons. The van der Waals surface area contributed by atoms with Crippen LogP contribution in [-0.2, 0) is 16.1 Å². The number of carbonyl (C=O) groups is 2. The molecule has 0 saturated heterocycles. The molecule has 0 aliphatic rings. The van der Waals surface area contributed by atoms with Crippen LogP contribution in [0.1, 0.15) is 26.7 Å². The summed E-state index contributed by atoms with van der Waals surface area (Å²) >= 11 is 5.86. The largest absolute Gasteiger partial charge is 0.496 e. The fourth-order valence-electron chi connectivity index (χ4n) is 1.72. The van der Waals surface area contributed by atoms with Crippen LogP contribution in [0.25, 0.3) is 0 Å². The highest BCUT2D eigenvalue weighted by molar-refractivity contribution is 6.31. The van der Waals surface area contributed by atoms with Crippen LogP contribution in [-0.4, -0.2) is 26.2 Å². The Hall–Kier alpha value is -2.47. The van der Waals surface area contributed by atoms with Gasteiger partial charge in [0.1, 0.15) is 23.7 Å². The van der Waals surface area contributed by atoms with Gasteiger partial charge >= 0.3 is 11.9 Å². The quantitative estimate of drug-likeness (QED) is 0.787. The molecule has 6 nitrogen and oxygen atoms in total. The van der Waals surface area contributed by atoms with Gasteiger partial charge in [-0.3, -0.25) is 0 Å². The summed E-state index contributed by atoms with van der Waals surface area (Å²) in [6, 6.07) is 7.59. The van der Waals surface area contributed by atoms with Crippen molar-refractivity contribution in [3.05, 3.63) is 52.4 Å². The zero-order valence-corrected chi connectivity index (χ0v) is 12.7. The highest BCUT2D eigenvalue weighted by atomic mass is 35.5. The summed E-state index contributed by atoms with van der Waals surface area (Å²) in [5.74, 6) is -0.517. The van der Waals surface area contributed by atoms with Gasteiger partial charge in [0, 0.05) is 5.02 Å². The minimum Gasteiger partial charge on any atom is -0.496 e. The molecule has 0 bridgehead atoms. The zero-order valence-electron chi connectivity index (χ0n) is 11.9. The fourth-order valence-corrected chi connectivity index (χ4v) is 1.89. The number of carbonyl (C=O) groups excluding carboxylic acids is 2. The van der Waals surface area contributed by atoms with Crippen LogP contribution in [0.3, 0.4) is 0 Å². The first-order valence-corrected chi connectivity index (χ1v) is 6.60. The van der Waals surface area contributed by atoms with Gasteiger partial charge in [0.2, 0.25) is 5.76 Å². The number of furan rings is 1. The second-order valence-electron chi connectivity index (χ2n) is 4.18. The molecule has 1 aromatic carbocycles. The first-order valence-electron chi connectivity index (χ1n) is 6.23. The van der Waals surface area contributed by atoms with Gasteiger partial charge in [-0.1, -0.05) is 11.6 Å². The smallest absolute Gasteiger partial charge is 0.373 e. The summed E-state index contributed by atoms with van der Waals surface area (Å²) in [6.45, 7) is -0.133. The molecule has 0 aliphatic heterocycles. The number of esters is 2. The monoisotopic (exact) mass is 324 g/mol. The van der Waals surface area contributed by atoms with Crippen LogP contribution in [0.15, 0.2) is 34.7 Å². The van der Waals surface area contributed by atoms with E-state index in [1.54, 1.807) is 12.1 Å². The molecule has 0 unspecified atom stereocenters. The number of hydrogen-bond donors (Lipinski definition) is 0. The third-order valence-electron chi connectivity index (χ3n) is 2.78. The normalized spacial score (nSPS) is 10.1. The summed E-state index contributed by atoms with van der Waals surface area (Å²) in [6.07, 6.45) is 0. The first-order chi connectivity index (χ1) is 10.5. The lowest BCUT2D eigenvalue weighted by Gasteiger charge is -2.08. The maximum atomic E-state index is 12.1. The molecule has 0 N–H and O–H groups in total. The Morgan fingerprint density at radius 2 is 1.91 bits per heavy atom. The molecule has 0 spiro atoms. The zero-order chi connectivity index (χ0) is 16.1. The third-order valence-corrected chi connectivity index (χ3v) is 3.01. The second kappa shape index (κ2) is 7.00. The Morgan fingerprint density at radius 1 is 1.14 bits per heavy atom. The number of ether oxygens (including phenoxy) is 3. The highest BCUT2D eigenvalue weighted by Gasteiger charge is 2.16. The van der Waals surface area contributed by atoms with Crippen molar-refractivity contribution < 1.29 is 28.2 Å². The van der Waals surface area contributed by atoms with Crippen LogP contribution >= 0.6 is 11.6 Å². The number of hydrogen-bond acceptors (Lipinski definition) is 6.